The van der Waals surface area contributed by atoms with E-state index in [1.165, 1.54) is 18.4 Å². The third kappa shape index (κ3) is 1.50. The van der Waals surface area contributed by atoms with Crippen molar-refractivity contribution in [2.45, 2.75) is 45.4 Å². The van der Waals surface area contributed by atoms with E-state index in [1.54, 1.807) is 11.1 Å². The minimum Gasteiger partial charge on any atom is -0.0587 e. The van der Waals surface area contributed by atoms with E-state index >= 15 is 0 Å². The second kappa shape index (κ2) is 3.17. The van der Waals surface area contributed by atoms with E-state index in [0.29, 0.717) is 5.92 Å². The fraction of sp³-hybridized carbons (Fsp3) is 0.538. The highest BCUT2D eigenvalue weighted by Crippen LogP contribution is 2.34. The molecular formula is C13H18. The van der Waals surface area contributed by atoms with Gasteiger partial charge in [-0.3, -0.25) is 0 Å². The number of rotatable bonds is 1. The molecule has 0 nitrogen and oxygen atoms in total. The zero-order valence-corrected chi connectivity index (χ0v) is 8.80. The van der Waals surface area contributed by atoms with Gasteiger partial charge in [0.25, 0.3) is 0 Å². The summed E-state index contributed by atoms with van der Waals surface area (Å²) in [6.07, 6.45) is 2.63. The van der Waals surface area contributed by atoms with Crippen LogP contribution in [0.15, 0.2) is 18.2 Å². The molecule has 2 rings (SSSR count). The molecule has 13 heavy (non-hydrogen) atoms. The molecule has 70 valence electrons. The monoisotopic (exact) mass is 174 g/mol. The van der Waals surface area contributed by atoms with Gasteiger partial charge in [0.15, 0.2) is 0 Å². The minimum atomic E-state index is 0.668. The molecule has 0 bridgehead atoms. The van der Waals surface area contributed by atoms with Crippen LogP contribution in [0.5, 0.6) is 0 Å². The Bertz CT molecular complexity index is 310. The molecule has 1 atom stereocenters. The molecule has 0 saturated carbocycles. The first-order valence-electron chi connectivity index (χ1n) is 5.31. The van der Waals surface area contributed by atoms with Crippen LogP contribution >= 0.6 is 0 Å². The number of benzene rings is 1. The standard InChI is InChI=1S/C13H18/c1-9(2)11-6-7-13-10(3)4-5-12(13)8-11/h6-10H,4-5H2,1-3H3. The van der Waals surface area contributed by atoms with Crippen molar-refractivity contribution in [1.82, 2.24) is 0 Å². The maximum absolute atomic E-state index is 2.41. The molecular weight excluding hydrogens is 156 g/mol. The van der Waals surface area contributed by atoms with E-state index in [2.05, 4.69) is 39.0 Å². The van der Waals surface area contributed by atoms with E-state index < -0.39 is 0 Å². The summed E-state index contributed by atoms with van der Waals surface area (Å²) in [5, 5.41) is 0. The predicted octanol–water partition coefficient (Wildman–Crippen LogP) is 3.86. The third-order valence-corrected chi connectivity index (χ3v) is 3.21. The number of hydrogen-bond acceptors (Lipinski definition) is 0. The Morgan fingerprint density at radius 2 is 2.08 bits per heavy atom. The number of fused-ring (bicyclic) bond motifs is 1. The van der Waals surface area contributed by atoms with Crippen molar-refractivity contribution in [3.05, 3.63) is 34.9 Å². The van der Waals surface area contributed by atoms with Crippen LogP contribution in [0.4, 0.5) is 0 Å². The van der Waals surface area contributed by atoms with Gasteiger partial charge in [0.2, 0.25) is 0 Å². The average molecular weight is 174 g/mol. The molecule has 0 radical (unpaired) electrons. The lowest BCUT2D eigenvalue weighted by molar-refractivity contribution is 0.747. The van der Waals surface area contributed by atoms with Gasteiger partial charge >= 0.3 is 0 Å². The van der Waals surface area contributed by atoms with Gasteiger partial charge in [-0.1, -0.05) is 39.0 Å². The van der Waals surface area contributed by atoms with E-state index in [4.69, 9.17) is 0 Å². The quantitative estimate of drug-likeness (QED) is 0.606. The molecule has 0 heterocycles. The van der Waals surface area contributed by atoms with Crippen LogP contribution in [0.1, 0.15) is 55.7 Å². The lowest BCUT2D eigenvalue weighted by Crippen LogP contribution is -1.91. The van der Waals surface area contributed by atoms with Gasteiger partial charge in [0.1, 0.15) is 0 Å². The van der Waals surface area contributed by atoms with Gasteiger partial charge in [-0.15, -0.1) is 0 Å². The van der Waals surface area contributed by atoms with E-state index in [0.717, 1.165) is 5.92 Å². The second-order valence-corrected chi connectivity index (χ2v) is 4.55. The summed E-state index contributed by atoms with van der Waals surface area (Å²) in [4.78, 5) is 0. The molecule has 0 saturated heterocycles. The molecule has 0 spiro atoms. The van der Waals surface area contributed by atoms with Crippen LogP contribution in [0.2, 0.25) is 0 Å². The fourth-order valence-electron chi connectivity index (χ4n) is 2.21. The highest BCUT2D eigenvalue weighted by atomic mass is 14.2. The lowest BCUT2D eigenvalue weighted by Gasteiger charge is -2.09. The van der Waals surface area contributed by atoms with E-state index in [9.17, 15) is 0 Å². The first-order valence-corrected chi connectivity index (χ1v) is 5.31. The lowest BCUT2D eigenvalue weighted by atomic mass is 9.97. The third-order valence-electron chi connectivity index (χ3n) is 3.21. The molecule has 1 aromatic carbocycles. The van der Waals surface area contributed by atoms with Crippen molar-refractivity contribution in [2.75, 3.05) is 0 Å². The maximum atomic E-state index is 2.41. The Labute approximate surface area is 81.0 Å². The maximum Gasteiger partial charge on any atom is -0.0184 e. The first kappa shape index (κ1) is 8.80. The summed E-state index contributed by atoms with van der Waals surface area (Å²) >= 11 is 0. The van der Waals surface area contributed by atoms with Crippen molar-refractivity contribution in [3.8, 4) is 0 Å². The normalized spacial score (nSPS) is 20.8. The zero-order chi connectivity index (χ0) is 9.42. The van der Waals surface area contributed by atoms with Gasteiger partial charge in [0.05, 0.1) is 0 Å². The summed E-state index contributed by atoms with van der Waals surface area (Å²) in [7, 11) is 0. The van der Waals surface area contributed by atoms with Crippen molar-refractivity contribution < 1.29 is 0 Å². The van der Waals surface area contributed by atoms with Gasteiger partial charge < -0.3 is 0 Å². The average Bonchev–Trinajstić information content (AvgIpc) is 2.47. The summed E-state index contributed by atoms with van der Waals surface area (Å²) in [6.45, 7) is 6.86. The topological polar surface area (TPSA) is 0 Å². The molecule has 1 unspecified atom stereocenters. The first-order chi connectivity index (χ1) is 6.18. The van der Waals surface area contributed by atoms with Crippen LogP contribution in [0, 0.1) is 0 Å². The molecule has 0 fully saturated rings. The van der Waals surface area contributed by atoms with Gasteiger partial charge in [0, 0.05) is 0 Å². The number of aryl methyl sites for hydroxylation is 1. The van der Waals surface area contributed by atoms with Gasteiger partial charge in [-0.05, 0) is 41.4 Å². The molecule has 0 aromatic heterocycles. The smallest absolute Gasteiger partial charge is 0.0184 e. The Hall–Kier alpha value is -0.780. The zero-order valence-electron chi connectivity index (χ0n) is 8.80. The Balaban J connectivity index is 2.40. The molecule has 0 heteroatoms. The van der Waals surface area contributed by atoms with Crippen LogP contribution in [-0.2, 0) is 6.42 Å². The van der Waals surface area contributed by atoms with Gasteiger partial charge in [-0.2, -0.15) is 0 Å². The fourth-order valence-corrected chi connectivity index (χ4v) is 2.21. The van der Waals surface area contributed by atoms with Crippen LogP contribution in [0.3, 0.4) is 0 Å². The SMILES string of the molecule is CC(C)c1ccc2c(c1)CCC2C. The van der Waals surface area contributed by atoms with Crippen LogP contribution < -0.4 is 0 Å². The molecule has 0 amide bonds. The van der Waals surface area contributed by atoms with Crippen molar-refractivity contribution in [3.63, 3.8) is 0 Å². The van der Waals surface area contributed by atoms with Crippen molar-refractivity contribution >= 4 is 0 Å². The summed E-state index contributed by atoms with van der Waals surface area (Å²) < 4.78 is 0. The van der Waals surface area contributed by atoms with Crippen LogP contribution in [0.25, 0.3) is 0 Å². The van der Waals surface area contributed by atoms with Crippen molar-refractivity contribution in [1.29, 1.82) is 0 Å². The molecule has 0 aliphatic heterocycles. The molecule has 1 aliphatic carbocycles. The molecule has 0 N–H and O–H groups in total. The highest BCUT2D eigenvalue weighted by molar-refractivity contribution is 5.38. The Kier molecular flexibility index (Phi) is 2.15. The largest absolute Gasteiger partial charge is 0.0587 e. The molecule has 1 aromatic rings. The second-order valence-electron chi connectivity index (χ2n) is 4.55. The highest BCUT2D eigenvalue weighted by Gasteiger charge is 2.18. The summed E-state index contributed by atoms with van der Waals surface area (Å²) in [5.41, 5.74) is 4.68. The van der Waals surface area contributed by atoms with Gasteiger partial charge in [-0.25, -0.2) is 0 Å². The summed E-state index contributed by atoms with van der Waals surface area (Å²) in [6, 6.07) is 7.04. The predicted molar refractivity (Wildman–Crippen MR) is 57.3 cm³/mol. The minimum absolute atomic E-state index is 0.668. The number of hydrogen-bond donors (Lipinski definition) is 0. The summed E-state index contributed by atoms with van der Waals surface area (Å²) in [5.74, 6) is 1.46. The van der Waals surface area contributed by atoms with E-state index in [-0.39, 0.29) is 0 Å². The Morgan fingerprint density at radius 3 is 2.77 bits per heavy atom. The van der Waals surface area contributed by atoms with Crippen molar-refractivity contribution in [2.24, 2.45) is 0 Å². The molecule has 1 aliphatic rings. The van der Waals surface area contributed by atoms with E-state index in [1.807, 2.05) is 0 Å². The van der Waals surface area contributed by atoms with Crippen LogP contribution in [-0.4, -0.2) is 0 Å². The Morgan fingerprint density at radius 1 is 1.31 bits per heavy atom.